The van der Waals surface area contributed by atoms with Crippen LogP contribution in [0, 0.1) is 5.92 Å². The Morgan fingerprint density at radius 3 is 2.44 bits per heavy atom. The maximum absolute atomic E-state index is 12.6. The summed E-state index contributed by atoms with van der Waals surface area (Å²) in [5.41, 5.74) is -0.104. The van der Waals surface area contributed by atoms with E-state index in [1.165, 1.54) is 17.0 Å². The van der Waals surface area contributed by atoms with Gasteiger partial charge in [0.2, 0.25) is 5.91 Å². The van der Waals surface area contributed by atoms with Crippen LogP contribution in [0.15, 0.2) is 41.8 Å². The molecule has 2 aromatic rings. The molecule has 1 aliphatic heterocycles. The Morgan fingerprint density at radius 1 is 1.15 bits per heavy atom. The van der Waals surface area contributed by atoms with Crippen LogP contribution in [-0.4, -0.2) is 30.4 Å². The summed E-state index contributed by atoms with van der Waals surface area (Å²) >= 11 is 1.77. The molecule has 27 heavy (non-hydrogen) atoms. The van der Waals surface area contributed by atoms with E-state index in [9.17, 15) is 18.0 Å². The van der Waals surface area contributed by atoms with Crippen molar-refractivity contribution in [3.63, 3.8) is 0 Å². The summed E-state index contributed by atoms with van der Waals surface area (Å²) < 4.78 is 37.7. The maximum atomic E-state index is 12.6. The van der Waals surface area contributed by atoms with Gasteiger partial charge in [0, 0.05) is 18.0 Å². The predicted octanol–water partition coefficient (Wildman–Crippen LogP) is 4.34. The molecular formula is C20H23F3N2OS. The second-order valence-electron chi connectivity index (χ2n) is 6.97. The van der Waals surface area contributed by atoms with Crippen LogP contribution in [0.5, 0.6) is 0 Å². The molecular weight excluding hydrogens is 373 g/mol. The van der Waals surface area contributed by atoms with Crippen molar-refractivity contribution in [2.24, 2.45) is 5.92 Å². The lowest BCUT2D eigenvalue weighted by molar-refractivity contribution is -0.137. The first-order valence-electron chi connectivity index (χ1n) is 9.08. The first kappa shape index (κ1) is 19.9. The highest BCUT2D eigenvalue weighted by Crippen LogP contribution is 2.29. The van der Waals surface area contributed by atoms with Crippen molar-refractivity contribution in [1.29, 1.82) is 0 Å². The van der Waals surface area contributed by atoms with E-state index in [0.29, 0.717) is 18.0 Å². The third kappa shape index (κ3) is 6.07. The largest absolute Gasteiger partial charge is 0.416 e. The van der Waals surface area contributed by atoms with E-state index >= 15 is 0 Å². The Hall–Kier alpha value is -1.86. The van der Waals surface area contributed by atoms with Crippen LogP contribution < -0.4 is 5.32 Å². The number of thiophene rings is 1. The smallest absolute Gasteiger partial charge is 0.356 e. The normalized spacial score (nSPS) is 16.4. The van der Waals surface area contributed by atoms with Crippen LogP contribution in [0.25, 0.3) is 0 Å². The number of benzene rings is 1. The fourth-order valence-corrected chi connectivity index (χ4v) is 4.04. The zero-order chi connectivity index (χ0) is 19.3. The van der Waals surface area contributed by atoms with Gasteiger partial charge in [-0.3, -0.25) is 9.69 Å². The number of rotatable bonds is 6. The van der Waals surface area contributed by atoms with E-state index in [2.05, 4.69) is 27.7 Å². The average molecular weight is 396 g/mol. The van der Waals surface area contributed by atoms with E-state index in [0.717, 1.165) is 44.6 Å². The van der Waals surface area contributed by atoms with E-state index in [1.54, 1.807) is 11.3 Å². The van der Waals surface area contributed by atoms with Gasteiger partial charge in [-0.15, -0.1) is 11.3 Å². The summed E-state index contributed by atoms with van der Waals surface area (Å²) in [6, 6.07) is 8.99. The Labute approximate surface area is 161 Å². The fraction of sp³-hybridized carbons (Fsp3) is 0.450. The molecule has 3 nitrogen and oxygen atoms in total. The monoisotopic (exact) mass is 396 g/mol. The molecule has 0 aliphatic carbocycles. The summed E-state index contributed by atoms with van der Waals surface area (Å²) in [6.45, 7) is 3.67. The molecule has 1 N–H and O–H groups in total. The highest BCUT2D eigenvalue weighted by atomic mass is 32.1. The fourth-order valence-electron chi connectivity index (χ4n) is 3.29. The lowest BCUT2D eigenvalue weighted by Crippen LogP contribution is -2.38. The summed E-state index contributed by atoms with van der Waals surface area (Å²) in [6.07, 6.45) is -2.15. The van der Waals surface area contributed by atoms with Crippen LogP contribution in [0.4, 0.5) is 13.2 Å². The second-order valence-corrected chi connectivity index (χ2v) is 8.01. The molecule has 7 heteroatoms. The van der Waals surface area contributed by atoms with Crippen molar-refractivity contribution in [1.82, 2.24) is 10.2 Å². The molecule has 0 unspecified atom stereocenters. The Kier molecular flexibility index (Phi) is 6.55. The molecule has 0 atom stereocenters. The molecule has 0 spiro atoms. The molecule has 0 saturated carbocycles. The summed E-state index contributed by atoms with van der Waals surface area (Å²) in [5, 5.41) is 5.02. The minimum Gasteiger partial charge on any atom is -0.356 e. The van der Waals surface area contributed by atoms with Crippen molar-refractivity contribution in [2.45, 2.75) is 32.0 Å². The predicted molar refractivity (Wildman–Crippen MR) is 100 cm³/mol. The molecule has 3 rings (SSSR count). The second kappa shape index (κ2) is 8.89. The summed E-state index contributed by atoms with van der Waals surface area (Å²) in [4.78, 5) is 15.9. The number of piperidine rings is 1. The molecule has 1 aromatic heterocycles. The van der Waals surface area contributed by atoms with Gasteiger partial charge in [-0.05, 0) is 61.0 Å². The van der Waals surface area contributed by atoms with E-state index < -0.39 is 11.7 Å². The Bertz CT molecular complexity index is 721. The number of carbonyl (C=O) groups excluding carboxylic acids is 1. The van der Waals surface area contributed by atoms with Crippen LogP contribution in [0.2, 0.25) is 0 Å². The maximum Gasteiger partial charge on any atom is 0.416 e. The SMILES string of the molecule is O=C(Cc1ccc(C(F)(F)F)cc1)NCC1CCN(Cc2cccs2)CC1. The minimum absolute atomic E-state index is 0.107. The summed E-state index contributed by atoms with van der Waals surface area (Å²) in [7, 11) is 0. The highest BCUT2D eigenvalue weighted by Gasteiger charge is 2.30. The molecule has 146 valence electrons. The van der Waals surface area contributed by atoms with Gasteiger partial charge in [-0.25, -0.2) is 0 Å². The van der Waals surface area contributed by atoms with Gasteiger partial charge in [-0.1, -0.05) is 18.2 Å². The van der Waals surface area contributed by atoms with E-state index in [1.807, 2.05) is 0 Å². The number of alkyl halides is 3. The van der Waals surface area contributed by atoms with Crippen molar-refractivity contribution in [2.75, 3.05) is 19.6 Å². The van der Waals surface area contributed by atoms with Gasteiger partial charge in [0.15, 0.2) is 0 Å². The lowest BCUT2D eigenvalue weighted by atomic mass is 9.96. The van der Waals surface area contributed by atoms with Crippen molar-refractivity contribution >= 4 is 17.2 Å². The van der Waals surface area contributed by atoms with E-state index in [-0.39, 0.29) is 12.3 Å². The van der Waals surface area contributed by atoms with Gasteiger partial charge in [-0.2, -0.15) is 13.2 Å². The van der Waals surface area contributed by atoms with Crippen LogP contribution in [0.1, 0.15) is 28.8 Å². The lowest BCUT2D eigenvalue weighted by Gasteiger charge is -2.31. The van der Waals surface area contributed by atoms with Gasteiger partial charge < -0.3 is 5.32 Å². The molecule has 1 aromatic carbocycles. The van der Waals surface area contributed by atoms with Crippen LogP contribution >= 0.6 is 11.3 Å². The van der Waals surface area contributed by atoms with Gasteiger partial charge in [0.25, 0.3) is 0 Å². The Balaban J connectivity index is 1.37. The number of amides is 1. The number of carbonyl (C=O) groups is 1. The quantitative estimate of drug-likeness (QED) is 0.788. The summed E-state index contributed by atoms with van der Waals surface area (Å²) in [5.74, 6) is 0.317. The first-order chi connectivity index (χ1) is 12.9. The topological polar surface area (TPSA) is 32.3 Å². The van der Waals surface area contributed by atoms with Crippen molar-refractivity contribution in [3.05, 3.63) is 57.8 Å². The van der Waals surface area contributed by atoms with Crippen LogP contribution in [-0.2, 0) is 23.9 Å². The highest BCUT2D eigenvalue weighted by molar-refractivity contribution is 7.09. The average Bonchev–Trinajstić information content (AvgIpc) is 3.14. The zero-order valence-electron chi connectivity index (χ0n) is 15.0. The molecule has 0 radical (unpaired) electrons. The molecule has 1 amide bonds. The third-order valence-corrected chi connectivity index (χ3v) is 5.76. The number of halogens is 3. The van der Waals surface area contributed by atoms with Gasteiger partial charge >= 0.3 is 6.18 Å². The number of nitrogens with zero attached hydrogens (tertiary/aromatic N) is 1. The molecule has 1 saturated heterocycles. The number of likely N-dealkylation sites (tertiary alicyclic amines) is 1. The zero-order valence-corrected chi connectivity index (χ0v) is 15.8. The number of hydrogen-bond acceptors (Lipinski definition) is 3. The minimum atomic E-state index is -4.35. The molecule has 0 bridgehead atoms. The standard InChI is InChI=1S/C20H23F3N2OS/c21-20(22,23)17-5-3-15(4-6-17)12-19(26)24-13-16-7-9-25(10-8-16)14-18-2-1-11-27-18/h1-6,11,16H,7-10,12-14H2,(H,24,26). The van der Waals surface area contributed by atoms with Crippen molar-refractivity contribution in [3.8, 4) is 0 Å². The van der Waals surface area contributed by atoms with Crippen LogP contribution in [0.3, 0.4) is 0 Å². The molecule has 2 heterocycles. The van der Waals surface area contributed by atoms with E-state index in [4.69, 9.17) is 0 Å². The number of hydrogen-bond donors (Lipinski definition) is 1. The molecule has 1 aliphatic rings. The molecule has 1 fully saturated rings. The van der Waals surface area contributed by atoms with Gasteiger partial charge in [0.1, 0.15) is 0 Å². The first-order valence-corrected chi connectivity index (χ1v) is 9.95. The van der Waals surface area contributed by atoms with Crippen molar-refractivity contribution < 1.29 is 18.0 Å². The third-order valence-electron chi connectivity index (χ3n) is 4.90. The Morgan fingerprint density at radius 2 is 1.85 bits per heavy atom. The number of nitrogens with one attached hydrogen (secondary N) is 1. The van der Waals surface area contributed by atoms with Gasteiger partial charge in [0.05, 0.1) is 12.0 Å².